The molecule has 0 bridgehead atoms. The van der Waals surface area contributed by atoms with E-state index < -0.39 is 5.60 Å². The fraction of sp³-hybridized carbons (Fsp3) is 0.308. The SMILES string of the molecule is CC1(O)CC2=CC(=O)OC2=C(c2ccco2)C1. The maximum Gasteiger partial charge on any atom is 0.336 e. The van der Waals surface area contributed by atoms with E-state index in [1.807, 2.05) is 0 Å². The molecule has 0 spiro atoms. The number of hydrogen-bond acceptors (Lipinski definition) is 4. The number of rotatable bonds is 1. The topological polar surface area (TPSA) is 59.7 Å². The minimum atomic E-state index is -0.870. The van der Waals surface area contributed by atoms with Gasteiger partial charge in [-0.25, -0.2) is 4.79 Å². The van der Waals surface area contributed by atoms with Gasteiger partial charge in [-0.3, -0.25) is 0 Å². The maximum absolute atomic E-state index is 11.3. The molecule has 1 aliphatic heterocycles. The lowest BCUT2D eigenvalue weighted by Crippen LogP contribution is -2.29. The number of fused-ring (bicyclic) bond motifs is 1. The zero-order valence-electron chi connectivity index (χ0n) is 9.40. The van der Waals surface area contributed by atoms with Crippen molar-refractivity contribution in [3.8, 4) is 0 Å². The average Bonchev–Trinajstić information content (AvgIpc) is 2.82. The van der Waals surface area contributed by atoms with Crippen LogP contribution in [0.25, 0.3) is 5.57 Å². The second-order valence-corrected chi connectivity index (χ2v) is 4.73. The highest BCUT2D eigenvalue weighted by atomic mass is 16.5. The van der Waals surface area contributed by atoms with E-state index in [4.69, 9.17) is 9.15 Å². The smallest absolute Gasteiger partial charge is 0.336 e. The molecule has 0 fully saturated rings. The lowest BCUT2D eigenvalue weighted by Gasteiger charge is -2.30. The summed E-state index contributed by atoms with van der Waals surface area (Å²) in [6.45, 7) is 1.75. The van der Waals surface area contributed by atoms with Gasteiger partial charge in [0.1, 0.15) is 11.5 Å². The fourth-order valence-electron chi connectivity index (χ4n) is 2.37. The van der Waals surface area contributed by atoms with E-state index in [2.05, 4.69) is 0 Å². The zero-order chi connectivity index (χ0) is 12.0. The van der Waals surface area contributed by atoms with Crippen molar-refractivity contribution >= 4 is 11.5 Å². The van der Waals surface area contributed by atoms with Crippen molar-refractivity contribution in [2.24, 2.45) is 0 Å². The Bertz CT molecular complexity index is 532. The van der Waals surface area contributed by atoms with Crippen molar-refractivity contribution < 1.29 is 19.1 Å². The van der Waals surface area contributed by atoms with Crippen LogP contribution in [0, 0.1) is 0 Å². The predicted molar refractivity (Wildman–Crippen MR) is 59.7 cm³/mol. The van der Waals surface area contributed by atoms with Crippen molar-refractivity contribution in [2.45, 2.75) is 25.4 Å². The van der Waals surface area contributed by atoms with Gasteiger partial charge in [0.15, 0.2) is 0 Å². The number of esters is 1. The molecular formula is C13H12O4. The van der Waals surface area contributed by atoms with Gasteiger partial charge in [0.2, 0.25) is 0 Å². The lowest BCUT2D eigenvalue weighted by molar-refractivity contribution is -0.132. The summed E-state index contributed by atoms with van der Waals surface area (Å²) in [5, 5.41) is 10.2. The van der Waals surface area contributed by atoms with Gasteiger partial charge in [-0.2, -0.15) is 0 Å². The van der Waals surface area contributed by atoms with E-state index in [9.17, 15) is 9.90 Å². The first-order chi connectivity index (χ1) is 8.05. The standard InChI is InChI=1S/C13H12O4/c1-13(15)6-8-5-11(14)17-12(8)9(7-13)10-3-2-4-16-10/h2-5,15H,6-7H2,1H3. The summed E-state index contributed by atoms with van der Waals surface area (Å²) >= 11 is 0. The van der Waals surface area contributed by atoms with E-state index in [0.29, 0.717) is 24.4 Å². The molecule has 1 aromatic heterocycles. The number of carbonyl (C=O) groups excluding carboxylic acids is 1. The van der Waals surface area contributed by atoms with Crippen molar-refractivity contribution in [3.63, 3.8) is 0 Å². The van der Waals surface area contributed by atoms with Gasteiger partial charge in [0.25, 0.3) is 0 Å². The molecule has 0 saturated carbocycles. The summed E-state index contributed by atoms with van der Waals surface area (Å²) in [4.78, 5) is 11.3. The average molecular weight is 232 g/mol. The van der Waals surface area contributed by atoms with E-state index in [-0.39, 0.29) is 5.97 Å². The van der Waals surface area contributed by atoms with Gasteiger partial charge < -0.3 is 14.3 Å². The molecule has 88 valence electrons. The Kier molecular flexibility index (Phi) is 2.03. The highest BCUT2D eigenvalue weighted by Gasteiger charge is 2.38. The van der Waals surface area contributed by atoms with E-state index >= 15 is 0 Å². The Morgan fingerprint density at radius 1 is 1.41 bits per heavy atom. The van der Waals surface area contributed by atoms with Crippen LogP contribution in [0.4, 0.5) is 0 Å². The quantitative estimate of drug-likeness (QED) is 0.752. The van der Waals surface area contributed by atoms with Crippen molar-refractivity contribution in [2.75, 3.05) is 0 Å². The molecule has 0 amide bonds. The van der Waals surface area contributed by atoms with Crippen LogP contribution in [-0.2, 0) is 9.53 Å². The highest BCUT2D eigenvalue weighted by molar-refractivity contribution is 5.91. The van der Waals surface area contributed by atoms with Crippen LogP contribution < -0.4 is 0 Å². The van der Waals surface area contributed by atoms with Crippen molar-refractivity contribution in [3.05, 3.63) is 41.6 Å². The van der Waals surface area contributed by atoms with Crippen LogP contribution in [0.3, 0.4) is 0 Å². The number of carbonyl (C=O) groups is 1. The molecule has 1 aromatic rings. The predicted octanol–water partition coefficient (Wildman–Crippen LogP) is 2.02. The third-order valence-electron chi connectivity index (χ3n) is 3.01. The molecule has 0 saturated heterocycles. The second kappa shape index (κ2) is 3.34. The van der Waals surface area contributed by atoms with Gasteiger partial charge in [-0.1, -0.05) is 0 Å². The molecule has 4 heteroatoms. The number of furan rings is 1. The van der Waals surface area contributed by atoms with Crippen LogP contribution in [-0.4, -0.2) is 16.7 Å². The Balaban J connectivity index is 2.14. The monoisotopic (exact) mass is 232 g/mol. The summed E-state index contributed by atoms with van der Waals surface area (Å²) in [5.74, 6) is 0.814. The molecule has 17 heavy (non-hydrogen) atoms. The van der Waals surface area contributed by atoms with Crippen molar-refractivity contribution in [1.29, 1.82) is 0 Å². The van der Waals surface area contributed by atoms with Crippen LogP contribution in [0.1, 0.15) is 25.5 Å². The van der Waals surface area contributed by atoms with E-state index in [0.717, 1.165) is 11.1 Å². The zero-order valence-corrected chi connectivity index (χ0v) is 9.40. The van der Waals surface area contributed by atoms with Gasteiger partial charge in [-0.15, -0.1) is 0 Å². The normalized spacial score (nSPS) is 27.9. The molecule has 2 heterocycles. The fourth-order valence-corrected chi connectivity index (χ4v) is 2.37. The molecule has 0 aromatic carbocycles. The second-order valence-electron chi connectivity index (χ2n) is 4.73. The summed E-state index contributed by atoms with van der Waals surface area (Å²) in [5.41, 5.74) is 0.631. The summed E-state index contributed by atoms with van der Waals surface area (Å²) in [6.07, 6.45) is 3.84. The first-order valence-corrected chi connectivity index (χ1v) is 5.47. The first-order valence-electron chi connectivity index (χ1n) is 5.47. The van der Waals surface area contributed by atoms with Crippen molar-refractivity contribution in [1.82, 2.24) is 0 Å². The molecule has 3 rings (SSSR count). The molecule has 2 aliphatic rings. The third-order valence-corrected chi connectivity index (χ3v) is 3.01. The summed E-state index contributed by atoms with van der Waals surface area (Å²) < 4.78 is 10.5. The summed E-state index contributed by atoms with van der Waals surface area (Å²) in [6, 6.07) is 3.57. The Morgan fingerprint density at radius 2 is 2.24 bits per heavy atom. The first kappa shape index (κ1) is 10.4. The number of allylic oxidation sites excluding steroid dienone is 1. The van der Waals surface area contributed by atoms with Crippen LogP contribution in [0.15, 0.2) is 40.2 Å². The van der Waals surface area contributed by atoms with Gasteiger partial charge in [-0.05, 0) is 19.1 Å². The minimum Gasteiger partial charge on any atom is -0.465 e. The van der Waals surface area contributed by atoms with Crippen LogP contribution in [0.2, 0.25) is 0 Å². The van der Waals surface area contributed by atoms with Gasteiger partial charge >= 0.3 is 5.97 Å². The number of ether oxygens (including phenoxy) is 1. The Hall–Kier alpha value is -1.81. The van der Waals surface area contributed by atoms with Gasteiger partial charge in [0.05, 0.1) is 11.9 Å². The maximum atomic E-state index is 11.3. The van der Waals surface area contributed by atoms with E-state index in [1.165, 1.54) is 6.08 Å². The summed E-state index contributed by atoms with van der Waals surface area (Å²) in [7, 11) is 0. The molecule has 1 unspecified atom stereocenters. The molecule has 0 radical (unpaired) electrons. The van der Waals surface area contributed by atoms with Crippen LogP contribution >= 0.6 is 0 Å². The molecule has 4 nitrogen and oxygen atoms in total. The highest BCUT2D eigenvalue weighted by Crippen LogP contribution is 2.43. The van der Waals surface area contributed by atoms with Crippen LogP contribution in [0.5, 0.6) is 0 Å². The van der Waals surface area contributed by atoms with Gasteiger partial charge in [0, 0.05) is 30.1 Å². The van der Waals surface area contributed by atoms with E-state index in [1.54, 1.807) is 25.3 Å². The Labute approximate surface area is 98.2 Å². The molecule has 1 N–H and O–H groups in total. The molecule has 1 atom stereocenters. The third kappa shape index (κ3) is 1.70. The minimum absolute atomic E-state index is 0.378. The molecule has 1 aliphatic carbocycles. The molecular weight excluding hydrogens is 220 g/mol. The largest absolute Gasteiger partial charge is 0.465 e. The number of hydrogen-bond donors (Lipinski definition) is 1. The Morgan fingerprint density at radius 3 is 2.94 bits per heavy atom. The number of aliphatic hydroxyl groups is 1. The lowest BCUT2D eigenvalue weighted by atomic mass is 9.81.